The Morgan fingerprint density at radius 3 is 2.68 bits per heavy atom. The first kappa shape index (κ1) is 28.1. The largest absolute Gasteiger partial charge is 0.493 e. The molecule has 37 heavy (non-hydrogen) atoms. The number of rotatable bonds is 11. The van der Waals surface area contributed by atoms with Crippen LogP contribution in [0.25, 0.3) is 0 Å². The van der Waals surface area contributed by atoms with Crippen molar-refractivity contribution in [3.05, 3.63) is 76.9 Å². The first-order valence-electron chi connectivity index (χ1n) is 12.9. The molecule has 1 aromatic heterocycles. The summed E-state index contributed by atoms with van der Waals surface area (Å²) in [5.74, 6) is 0.622. The van der Waals surface area contributed by atoms with Crippen molar-refractivity contribution < 1.29 is 18.7 Å². The predicted octanol–water partition coefficient (Wildman–Crippen LogP) is 6.65. The molecule has 0 saturated heterocycles. The van der Waals surface area contributed by atoms with E-state index in [2.05, 4.69) is 44.5 Å². The van der Waals surface area contributed by atoms with Crippen LogP contribution >= 0.6 is 0 Å². The second-order valence-corrected chi connectivity index (χ2v) is 9.55. The maximum Gasteiger partial charge on any atom is 0.218 e. The lowest BCUT2D eigenvalue weighted by molar-refractivity contribution is -0.120. The minimum Gasteiger partial charge on any atom is -0.493 e. The highest BCUT2D eigenvalue weighted by Crippen LogP contribution is 2.34. The molecule has 198 valence electrons. The van der Waals surface area contributed by atoms with Gasteiger partial charge in [-0.1, -0.05) is 40.3 Å². The lowest BCUT2D eigenvalue weighted by Crippen LogP contribution is -2.30. The number of hydrogen-bond donors (Lipinski definition) is 1. The van der Waals surface area contributed by atoms with E-state index < -0.39 is 5.92 Å². The highest BCUT2D eigenvalue weighted by atomic mass is 19.1. The van der Waals surface area contributed by atoms with Crippen LogP contribution in [0.15, 0.2) is 65.0 Å². The molecule has 1 aliphatic heterocycles. The summed E-state index contributed by atoms with van der Waals surface area (Å²) in [5, 5.41) is 6.99. The number of nitrogens with zero attached hydrogens (tertiary/aromatic N) is 2. The summed E-state index contributed by atoms with van der Waals surface area (Å²) in [4.78, 5) is 18.7. The second-order valence-electron chi connectivity index (χ2n) is 9.55. The summed E-state index contributed by atoms with van der Waals surface area (Å²) < 4.78 is 25.1. The van der Waals surface area contributed by atoms with Gasteiger partial charge < -0.3 is 9.47 Å². The zero-order chi connectivity index (χ0) is 27.1. The Balaban J connectivity index is 2.04. The van der Waals surface area contributed by atoms with Crippen molar-refractivity contribution in [3.8, 4) is 11.6 Å². The van der Waals surface area contributed by atoms with E-state index in [9.17, 15) is 9.18 Å². The second kappa shape index (κ2) is 12.7. The van der Waals surface area contributed by atoms with Gasteiger partial charge in [0.2, 0.25) is 5.88 Å². The van der Waals surface area contributed by atoms with Gasteiger partial charge in [0.15, 0.2) is 5.78 Å². The fraction of sp³-hybridized carbons (Fsp3) is 0.433. The Bertz CT molecular complexity index is 1220. The van der Waals surface area contributed by atoms with Gasteiger partial charge in [0, 0.05) is 17.3 Å². The number of allylic oxidation sites excluding steroid dienone is 4. The van der Waals surface area contributed by atoms with Crippen LogP contribution in [0.1, 0.15) is 58.6 Å². The molecule has 0 saturated carbocycles. The Kier molecular flexibility index (Phi) is 9.61. The van der Waals surface area contributed by atoms with Crippen molar-refractivity contribution in [1.29, 1.82) is 0 Å². The number of ether oxygens (including phenoxy) is 2. The van der Waals surface area contributed by atoms with Gasteiger partial charge in [-0.15, -0.1) is 0 Å². The van der Waals surface area contributed by atoms with Gasteiger partial charge in [-0.05, 0) is 67.4 Å². The molecule has 0 spiro atoms. The van der Waals surface area contributed by atoms with Crippen molar-refractivity contribution in [1.82, 2.24) is 10.2 Å². The zero-order valence-corrected chi connectivity index (χ0v) is 22.7. The van der Waals surface area contributed by atoms with Crippen LogP contribution in [0.3, 0.4) is 0 Å². The topological polar surface area (TPSA) is 76.6 Å². The molecule has 6 nitrogen and oxygen atoms in total. The summed E-state index contributed by atoms with van der Waals surface area (Å²) in [7, 11) is 1.59. The number of H-pyrrole nitrogens is 1. The normalized spacial score (nSPS) is 18.0. The standard InChI is InChI=1S/C30H38FN3O3/c1-8-18(4)20(6)25(15-32-28(19(5)9-2)26-16-33-34-30(26)36-7)24(10-3)29(35)22-13-21-14-23(31)11-12-27(21)37-17-22/h10-12,14-16,18-19,22H,6,8-9,13,17H2,1-5,7H3,(H,33,34)/b24-10+,25-15+,32-28?. The van der Waals surface area contributed by atoms with Crippen LogP contribution < -0.4 is 9.47 Å². The summed E-state index contributed by atoms with van der Waals surface area (Å²) in [6.45, 7) is 14.8. The summed E-state index contributed by atoms with van der Waals surface area (Å²) in [5.41, 5.74) is 4.40. The van der Waals surface area contributed by atoms with Gasteiger partial charge in [0.1, 0.15) is 11.6 Å². The SMILES string of the molecule is C=C(C(=C\N=C(c1cn[nH]c1OC)C(C)CC)/C(=C\C)C(=O)C1COc2ccc(F)cc2C1)C(C)CC. The minimum absolute atomic E-state index is 0.0608. The monoisotopic (exact) mass is 507 g/mol. The van der Waals surface area contributed by atoms with Crippen molar-refractivity contribution in [2.45, 2.75) is 53.9 Å². The molecule has 3 unspecified atom stereocenters. The first-order valence-corrected chi connectivity index (χ1v) is 12.9. The number of aromatic amines is 1. The molecule has 0 radical (unpaired) electrons. The maximum atomic E-state index is 13.8. The third-order valence-electron chi connectivity index (χ3n) is 7.19. The Morgan fingerprint density at radius 2 is 2.03 bits per heavy atom. The van der Waals surface area contributed by atoms with Crippen LogP contribution in [-0.2, 0) is 11.2 Å². The molecule has 0 bridgehead atoms. The summed E-state index contributed by atoms with van der Waals surface area (Å²) >= 11 is 0. The number of halogens is 1. The van der Waals surface area contributed by atoms with Crippen molar-refractivity contribution in [2.24, 2.45) is 22.7 Å². The number of carbonyl (C=O) groups is 1. The minimum atomic E-state index is -0.430. The van der Waals surface area contributed by atoms with E-state index in [0.717, 1.165) is 29.7 Å². The van der Waals surface area contributed by atoms with E-state index in [1.165, 1.54) is 12.1 Å². The van der Waals surface area contributed by atoms with Gasteiger partial charge in [0.05, 0.1) is 37.1 Å². The van der Waals surface area contributed by atoms with E-state index in [4.69, 9.17) is 14.5 Å². The Morgan fingerprint density at radius 1 is 1.30 bits per heavy atom. The molecule has 3 rings (SSSR count). The fourth-order valence-corrected chi connectivity index (χ4v) is 4.42. The average molecular weight is 508 g/mol. The molecule has 1 aliphatic rings. The Hall–Kier alpha value is -3.48. The van der Waals surface area contributed by atoms with Gasteiger partial charge in [-0.25, -0.2) is 9.49 Å². The molecule has 0 fully saturated rings. The number of fused-ring (bicyclic) bond motifs is 1. The lowest BCUT2D eigenvalue weighted by atomic mass is 9.82. The molecule has 2 aromatic rings. The maximum absolute atomic E-state index is 13.8. The van der Waals surface area contributed by atoms with Crippen LogP contribution in [0.5, 0.6) is 11.6 Å². The number of aliphatic imine (C=N–C) groups is 1. The number of Topliss-reactive ketones (excluding diaryl/α,β-unsaturated/α-hetero) is 1. The number of hydrogen-bond acceptors (Lipinski definition) is 5. The molecule has 3 atom stereocenters. The highest BCUT2D eigenvalue weighted by Gasteiger charge is 2.30. The summed E-state index contributed by atoms with van der Waals surface area (Å²) in [6, 6.07) is 4.44. The van der Waals surface area contributed by atoms with E-state index in [1.54, 1.807) is 25.6 Å². The van der Waals surface area contributed by atoms with Gasteiger partial charge in [0.25, 0.3) is 0 Å². The average Bonchev–Trinajstić information content (AvgIpc) is 3.39. The number of benzene rings is 1. The lowest BCUT2D eigenvalue weighted by Gasteiger charge is -2.26. The third-order valence-corrected chi connectivity index (χ3v) is 7.19. The van der Waals surface area contributed by atoms with Crippen LogP contribution in [0, 0.1) is 23.6 Å². The van der Waals surface area contributed by atoms with Crippen molar-refractivity contribution >= 4 is 11.5 Å². The molecule has 7 heteroatoms. The predicted molar refractivity (Wildman–Crippen MR) is 146 cm³/mol. The van der Waals surface area contributed by atoms with Crippen molar-refractivity contribution in [3.63, 3.8) is 0 Å². The smallest absolute Gasteiger partial charge is 0.218 e. The van der Waals surface area contributed by atoms with Gasteiger partial charge in [-0.2, -0.15) is 5.10 Å². The molecule has 1 N–H and O–H groups in total. The van der Waals surface area contributed by atoms with E-state index in [0.29, 0.717) is 34.8 Å². The molecule has 0 amide bonds. The molecule has 1 aromatic carbocycles. The van der Waals surface area contributed by atoms with E-state index in [-0.39, 0.29) is 30.0 Å². The fourth-order valence-electron chi connectivity index (χ4n) is 4.42. The van der Waals surface area contributed by atoms with Gasteiger partial charge >= 0.3 is 0 Å². The number of aromatic nitrogens is 2. The summed E-state index contributed by atoms with van der Waals surface area (Å²) in [6.07, 6.45) is 7.44. The van der Waals surface area contributed by atoms with Crippen LogP contribution in [-0.4, -0.2) is 35.4 Å². The molecule has 0 aliphatic carbocycles. The number of carbonyl (C=O) groups excluding carboxylic acids is 1. The third kappa shape index (κ3) is 6.27. The van der Waals surface area contributed by atoms with Crippen LogP contribution in [0.4, 0.5) is 4.39 Å². The first-order chi connectivity index (χ1) is 17.7. The zero-order valence-electron chi connectivity index (χ0n) is 22.7. The molecular formula is C30H38FN3O3. The number of nitrogens with one attached hydrogen (secondary N) is 1. The highest BCUT2D eigenvalue weighted by molar-refractivity contribution is 6.05. The van der Waals surface area contributed by atoms with E-state index in [1.807, 2.05) is 13.0 Å². The number of ketones is 1. The number of methoxy groups -OCH3 is 1. The van der Waals surface area contributed by atoms with E-state index >= 15 is 0 Å². The van der Waals surface area contributed by atoms with Crippen molar-refractivity contribution in [2.75, 3.05) is 13.7 Å². The quantitative estimate of drug-likeness (QED) is 0.210. The molecular weight excluding hydrogens is 469 g/mol. The molecule has 2 heterocycles. The van der Waals surface area contributed by atoms with Gasteiger partial charge in [-0.3, -0.25) is 9.79 Å². The van der Waals surface area contributed by atoms with Crippen LogP contribution in [0.2, 0.25) is 0 Å². The Labute approximate surface area is 219 Å².